The third-order valence-corrected chi connectivity index (χ3v) is 2.81. The van der Waals surface area contributed by atoms with Crippen molar-refractivity contribution in [3.05, 3.63) is 24.0 Å². The molecule has 0 saturated carbocycles. The second-order valence-electron chi connectivity index (χ2n) is 4.39. The summed E-state index contributed by atoms with van der Waals surface area (Å²) in [6, 6.07) is 2.63. The van der Waals surface area contributed by atoms with E-state index in [4.69, 9.17) is 4.74 Å². The van der Waals surface area contributed by atoms with Gasteiger partial charge in [0.1, 0.15) is 0 Å². The van der Waals surface area contributed by atoms with Gasteiger partial charge in [-0.25, -0.2) is 0 Å². The van der Waals surface area contributed by atoms with E-state index in [-0.39, 0.29) is 0 Å². The highest BCUT2D eigenvalue weighted by Gasteiger charge is 2.14. The average molecular weight is 224 g/mol. The van der Waals surface area contributed by atoms with E-state index in [9.17, 15) is 0 Å². The Kier molecular flexibility index (Phi) is 5.56. The first-order valence-electron chi connectivity index (χ1n) is 6.09. The highest BCUT2D eigenvalue weighted by atomic mass is 16.5. The lowest BCUT2D eigenvalue weighted by Gasteiger charge is -2.18. The smallest absolute Gasteiger partial charge is 0.0645 e. The normalized spacial score (nSPS) is 13.3. The van der Waals surface area contributed by atoms with Crippen LogP contribution >= 0.6 is 0 Å². The molecule has 1 unspecified atom stereocenters. The predicted molar refractivity (Wildman–Crippen MR) is 67.6 cm³/mol. The van der Waals surface area contributed by atoms with Crippen molar-refractivity contribution in [2.75, 3.05) is 20.3 Å². The molecule has 1 atom stereocenters. The molecule has 92 valence electrons. The van der Waals surface area contributed by atoms with Crippen LogP contribution in [0.25, 0.3) is 0 Å². The maximum atomic E-state index is 5.34. The minimum atomic E-state index is 0.438. The van der Waals surface area contributed by atoms with Gasteiger partial charge >= 0.3 is 0 Å². The number of rotatable bonds is 7. The highest BCUT2D eigenvalue weighted by Crippen LogP contribution is 2.21. The zero-order valence-corrected chi connectivity index (χ0v) is 10.9. The minimum absolute atomic E-state index is 0.438. The number of hydrogen-bond acceptors (Lipinski definition) is 2. The quantitative estimate of drug-likeness (QED) is 0.720. The van der Waals surface area contributed by atoms with Crippen molar-refractivity contribution in [2.24, 2.45) is 5.92 Å². The summed E-state index contributed by atoms with van der Waals surface area (Å²) >= 11 is 0. The number of nitrogens with one attached hydrogen (secondary N) is 1. The van der Waals surface area contributed by atoms with Gasteiger partial charge in [-0.2, -0.15) is 0 Å². The van der Waals surface area contributed by atoms with Crippen molar-refractivity contribution in [3.8, 4) is 0 Å². The largest absolute Gasteiger partial charge is 0.380 e. The third-order valence-electron chi connectivity index (χ3n) is 2.81. The molecule has 0 aromatic carbocycles. The molecule has 3 nitrogen and oxygen atoms in total. The molecule has 0 saturated heterocycles. The van der Waals surface area contributed by atoms with Crippen molar-refractivity contribution in [2.45, 2.75) is 33.4 Å². The lowest BCUT2D eigenvalue weighted by Crippen LogP contribution is -2.21. The van der Waals surface area contributed by atoms with Gasteiger partial charge in [0.25, 0.3) is 0 Å². The predicted octanol–water partition coefficient (Wildman–Crippen LogP) is 2.44. The van der Waals surface area contributed by atoms with E-state index in [1.54, 1.807) is 0 Å². The molecule has 16 heavy (non-hydrogen) atoms. The molecule has 0 aliphatic heterocycles. The Labute approximate surface area is 98.8 Å². The van der Waals surface area contributed by atoms with Crippen molar-refractivity contribution in [3.63, 3.8) is 0 Å². The van der Waals surface area contributed by atoms with Crippen molar-refractivity contribution in [1.29, 1.82) is 0 Å². The zero-order valence-electron chi connectivity index (χ0n) is 10.9. The Morgan fingerprint density at radius 2 is 2.19 bits per heavy atom. The minimum Gasteiger partial charge on any atom is -0.380 e. The Hall–Kier alpha value is -0.800. The van der Waals surface area contributed by atoms with E-state index >= 15 is 0 Å². The SMILES string of the molecule is CCOCCn1ccc(C(NC)C(C)C)c1. The molecule has 1 rings (SSSR count). The summed E-state index contributed by atoms with van der Waals surface area (Å²) in [6.45, 7) is 9.01. The fourth-order valence-corrected chi connectivity index (χ4v) is 1.98. The molecular weight excluding hydrogens is 200 g/mol. The van der Waals surface area contributed by atoms with E-state index in [2.05, 4.69) is 42.2 Å². The van der Waals surface area contributed by atoms with E-state index in [0.29, 0.717) is 12.0 Å². The van der Waals surface area contributed by atoms with Gasteiger partial charge in [0, 0.05) is 31.6 Å². The Balaban J connectivity index is 2.55. The molecule has 1 aromatic heterocycles. The standard InChI is InChI=1S/C13H24N2O/c1-5-16-9-8-15-7-6-12(10-15)13(14-4)11(2)3/h6-7,10-11,13-14H,5,8-9H2,1-4H3. The van der Waals surface area contributed by atoms with Crippen LogP contribution in [-0.4, -0.2) is 24.8 Å². The molecule has 1 N–H and O–H groups in total. The Morgan fingerprint density at radius 3 is 2.75 bits per heavy atom. The number of nitrogens with zero attached hydrogens (tertiary/aromatic N) is 1. The van der Waals surface area contributed by atoms with Crippen LogP contribution < -0.4 is 5.32 Å². The summed E-state index contributed by atoms with van der Waals surface area (Å²) in [5.41, 5.74) is 1.36. The zero-order chi connectivity index (χ0) is 12.0. The third kappa shape index (κ3) is 3.65. The molecular formula is C13H24N2O. The number of aromatic nitrogens is 1. The Morgan fingerprint density at radius 1 is 1.44 bits per heavy atom. The highest BCUT2D eigenvalue weighted by molar-refractivity contribution is 5.16. The average Bonchev–Trinajstić information content (AvgIpc) is 2.67. The number of hydrogen-bond donors (Lipinski definition) is 1. The van der Waals surface area contributed by atoms with Gasteiger partial charge in [0.15, 0.2) is 0 Å². The van der Waals surface area contributed by atoms with Crippen LogP contribution in [0, 0.1) is 5.92 Å². The van der Waals surface area contributed by atoms with E-state index in [0.717, 1.165) is 19.8 Å². The maximum absolute atomic E-state index is 5.34. The van der Waals surface area contributed by atoms with Crippen LogP contribution in [0.3, 0.4) is 0 Å². The van der Waals surface area contributed by atoms with Crippen LogP contribution in [0.15, 0.2) is 18.5 Å². The first kappa shape index (κ1) is 13.3. The van der Waals surface area contributed by atoms with Crippen molar-refractivity contribution in [1.82, 2.24) is 9.88 Å². The van der Waals surface area contributed by atoms with Gasteiger partial charge in [-0.1, -0.05) is 13.8 Å². The fourth-order valence-electron chi connectivity index (χ4n) is 1.98. The molecule has 0 fully saturated rings. The summed E-state index contributed by atoms with van der Waals surface area (Å²) in [5, 5.41) is 3.35. The molecule has 0 spiro atoms. The number of ether oxygens (including phenoxy) is 1. The second-order valence-corrected chi connectivity index (χ2v) is 4.39. The fraction of sp³-hybridized carbons (Fsp3) is 0.692. The second kappa shape index (κ2) is 6.71. The molecule has 0 aliphatic rings. The van der Waals surface area contributed by atoms with Gasteiger partial charge in [0.2, 0.25) is 0 Å². The summed E-state index contributed by atoms with van der Waals surface area (Å²) < 4.78 is 7.54. The summed E-state index contributed by atoms with van der Waals surface area (Å²) in [7, 11) is 2.02. The summed E-state index contributed by atoms with van der Waals surface area (Å²) in [6.07, 6.45) is 4.33. The van der Waals surface area contributed by atoms with Crippen LogP contribution in [0.2, 0.25) is 0 Å². The lowest BCUT2D eigenvalue weighted by atomic mass is 9.99. The summed E-state index contributed by atoms with van der Waals surface area (Å²) in [5.74, 6) is 0.604. The molecule has 3 heteroatoms. The van der Waals surface area contributed by atoms with Gasteiger partial charge in [-0.3, -0.25) is 0 Å². The molecule has 0 aliphatic carbocycles. The van der Waals surface area contributed by atoms with Gasteiger partial charge in [0.05, 0.1) is 6.61 Å². The maximum Gasteiger partial charge on any atom is 0.0645 e. The van der Waals surface area contributed by atoms with Crippen LogP contribution in [0.4, 0.5) is 0 Å². The molecule has 0 radical (unpaired) electrons. The molecule has 0 amide bonds. The summed E-state index contributed by atoms with van der Waals surface area (Å²) in [4.78, 5) is 0. The molecule has 0 bridgehead atoms. The van der Waals surface area contributed by atoms with Gasteiger partial charge in [-0.05, 0) is 31.5 Å². The van der Waals surface area contributed by atoms with Gasteiger partial charge < -0.3 is 14.6 Å². The van der Waals surface area contributed by atoms with E-state index < -0.39 is 0 Å². The van der Waals surface area contributed by atoms with E-state index in [1.807, 2.05) is 14.0 Å². The Bertz CT molecular complexity index is 294. The monoisotopic (exact) mass is 224 g/mol. The van der Waals surface area contributed by atoms with Crippen LogP contribution in [-0.2, 0) is 11.3 Å². The lowest BCUT2D eigenvalue weighted by molar-refractivity contribution is 0.139. The molecule has 1 aromatic rings. The topological polar surface area (TPSA) is 26.2 Å². The van der Waals surface area contributed by atoms with Crippen molar-refractivity contribution < 1.29 is 4.74 Å². The van der Waals surface area contributed by atoms with E-state index in [1.165, 1.54) is 5.56 Å². The van der Waals surface area contributed by atoms with Crippen molar-refractivity contribution >= 4 is 0 Å². The molecule has 1 heterocycles. The van der Waals surface area contributed by atoms with Crippen LogP contribution in [0.5, 0.6) is 0 Å². The first-order valence-corrected chi connectivity index (χ1v) is 6.09. The first-order chi connectivity index (χ1) is 7.69. The van der Waals surface area contributed by atoms with Gasteiger partial charge in [-0.15, -0.1) is 0 Å². The van der Waals surface area contributed by atoms with Crippen LogP contribution in [0.1, 0.15) is 32.4 Å².